The molecule has 0 saturated carbocycles. The van der Waals surface area contributed by atoms with Gasteiger partial charge in [-0.2, -0.15) is 5.26 Å². The molecule has 1 fully saturated rings. The van der Waals surface area contributed by atoms with Gasteiger partial charge < -0.3 is 9.80 Å². The molecule has 2 aromatic carbocycles. The molecule has 0 bridgehead atoms. The summed E-state index contributed by atoms with van der Waals surface area (Å²) in [5.41, 5.74) is 5.03. The number of hydrogen-bond acceptors (Lipinski definition) is 3. The SMILES string of the molecule is Cc1ccc(N2CCN(C(=O)c3ccc(C#N)cc3)CC2)c(C)c1. The fourth-order valence-electron chi connectivity index (χ4n) is 3.18. The van der Waals surface area contributed by atoms with Crippen LogP contribution in [0.5, 0.6) is 0 Å². The van der Waals surface area contributed by atoms with E-state index in [1.807, 2.05) is 4.90 Å². The van der Waals surface area contributed by atoms with Gasteiger partial charge in [0.05, 0.1) is 11.6 Å². The molecule has 0 spiro atoms. The number of carbonyl (C=O) groups excluding carboxylic acids is 1. The van der Waals surface area contributed by atoms with Crippen molar-refractivity contribution in [2.45, 2.75) is 13.8 Å². The van der Waals surface area contributed by atoms with Gasteiger partial charge in [0, 0.05) is 37.4 Å². The van der Waals surface area contributed by atoms with Crippen molar-refractivity contribution >= 4 is 11.6 Å². The molecule has 1 aliphatic rings. The number of carbonyl (C=O) groups is 1. The summed E-state index contributed by atoms with van der Waals surface area (Å²) in [5, 5.41) is 8.84. The van der Waals surface area contributed by atoms with Crippen molar-refractivity contribution in [3.63, 3.8) is 0 Å². The van der Waals surface area contributed by atoms with Gasteiger partial charge in [-0.1, -0.05) is 17.7 Å². The molecule has 0 aliphatic carbocycles. The molecule has 122 valence electrons. The van der Waals surface area contributed by atoms with Crippen molar-refractivity contribution in [2.24, 2.45) is 0 Å². The highest BCUT2D eigenvalue weighted by molar-refractivity contribution is 5.94. The zero-order valence-corrected chi connectivity index (χ0v) is 14.1. The summed E-state index contributed by atoms with van der Waals surface area (Å²) in [6.07, 6.45) is 0. The van der Waals surface area contributed by atoms with Gasteiger partial charge in [0.2, 0.25) is 0 Å². The largest absolute Gasteiger partial charge is 0.368 e. The smallest absolute Gasteiger partial charge is 0.253 e. The van der Waals surface area contributed by atoms with Crippen LogP contribution in [0.25, 0.3) is 0 Å². The van der Waals surface area contributed by atoms with E-state index in [0.717, 1.165) is 13.1 Å². The maximum Gasteiger partial charge on any atom is 0.253 e. The zero-order chi connectivity index (χ0) is 17.1. The molecule has 0 atom stereocenters. The lowest BCUT2D eigenvalue weighted by atomic mass is 10.1. The number of piperazine rings is 1. The van der Waals surface area contributed by atoms with Gasteiger partial charge in [0.1, 0.15) is 0 Å². The van der Waals surface area contributed by atoms with Crippen LogP contribution < -0.4 is 4.90 Å². The third kappa shape index (κ3) is 3.26. The van der Waals surface area contributed by atoms with Gasteiger partial charge in [-0.25, -0.2) is 0 Å². The molecule has 4 heteroatoms. The van der Waals surface area contributed by atoms with Crippen LogP contribution in [0, 0.1) is 25.2 Å². The molecule has 1 saturated heterocycles. The molecular formula is C20H21N3O. The Hall–Kier alpha value is -2.80. The summed E-state index contributed by atoms with van der Waals surface area (Å²) in [7, 11) is 0. The van der Waals surface area contributed by atoms with Crippen molar-refractivity contribution in [3.05, 3.63) is 64.7 Å². The van der Waals surface area contributed by atoms with Crippen molar-refractivity contribution in [3.8, 4) is 6.07 Å². The van der Waals surface area contributed by atoms with Crippen molar-refractivity contribution in [1.29, 1.82) is 5.26 Å². The Kier molecular flexibility index (Phi) is 4.52. The Bertz CT molecular complexity index is 782. The lowest BCUT2D eigenvalue weighted by Crippen LogP contribution is -2.49. The Morgan fingerprint density at radius 1 is 1.00 bits per heavy atom. The molecule has 1 aliphatic heterocycles. The van der Waals surface area contributed by atoms with Crippen LogP contribution in [0.3, 0.4) is 0 Å². The minimum atomic E-state index is 0.0415. The number of nitrogens with zero attached hydrogens (tertiary/aromatic N) is 3. The highest BCUT2D eigenvalue weighted by Gasteiger charge is 2.22. The summed E-state index contributed by atoms with van der Waals surface area (Å²) in [6.45, 7) is 7.34. The van der Waals surface area contributed by atoms with Gasteiger partial charge in [-0.3, -0.25) is 4.79 Å². The van der Waals surface area contributed by atoms with Crippen LogP contribution in [-0.4, -0.2) is 37.0 Å². The number of anilines is 1. The highest BCUT2D eigenvalue weighted by atomic mass is 16.2. The number of amides is 1. The molecule has 1 amide bonds. The Morgan fingerprint density at radius 3 is 2.25 bits per heavy atom. The molecule has 1 heterocycles. The highest BCUT2D eigenvalue weighted by Crippen LogP contribution is 2.23. The molecular weight excluding hydrogens is 298 g/mol. The zero-order valence-electron chi connectivity index (χ0n) is 14.1. The van der Waals surface area contributed by atoms with Crippen LogP contribution in [0.15, 0.2) is 42.5 Å². The Balaban J connectivity index is 1.66. The fourth-order valence-corrected chi connectivity index (χ4v) is 3.18. The molecule has 0 N–H and O–H groups in total. The number of aryl methyl sites for hydroxylation is 2. The first-order valence-corrected chi connectivity index (χ1v) is 8.20. The van der Waals surface area contributed by atoms with E-state index >= 15 is 0 Å². The average Bonchev–Trinajstić information content (AvgIpc) is 2.61. The second-order valence-electron chi connectivity index (χ2n) is 6.26. The van der Waals surface area contributed by atoms with Gasteiger partial charge in [0.15, 0.2) is 0 Å². The van der Waals surface area contributed by atoms with E-state index in [2.05, 4.69) is 43.0 Å². The third-order valence-electron chi connectivity index (χ3n) is 4.52. The maximum atomic E-state index is 12.6. The van der Waals surface area contributed by atoms with Gasteiger partial charge in [0.25, 0.3) is 5.91 Å². The second-order valence-corrected chi connectivity index (χ2v) is 6.26. The Morgan fingerprint density at radius 2 is 1.67 bits per heavy atom. The summed E-state index contributed by atoms with van der Waals surface area (Å²) >= 11 is 0. The number of hydrogen-bond donors (Lipinski definition) is 0. The van der Waals surface area contributed by atoms with E-state index in [4.69, 9.17) is 5.26 Å². The topological polar surface area (TPSA) is 47.3 Å². The fraction of sp³-hybridized carbons (Fsp3) is 0.300. The van der Waals surface area contributed by atoms with E-state index in [1.165, 1.54) is 16.8 Å². The second kappa shape index (κ2) is 6.76. The van der Waals surface area contributed by atoms with Crippen molar-refractivity contribution in [1.82, 2.24) is 4.90 Å². The first-order valence-electron chi connectivity index (χ1n) is 8.20. The van der Waals surface area contributed by atoms with Crippen molar-refractivity contribution in [2.75, 3.05) is 31.1 Å². The first-order chi connectivity index (χ1) is 11.6. The minimum Gasteiger partial charge on any atom is -0.368 e. The average molecular weight is 319 g/mol. The molecule has 2 aromatic rings. The number of benzene rings is 2. The lowest BCUT2D eigenvalue weighted by molar-refractivity contribution is 0.0747. The summed E-state index contributed by atoms with van der Waals surface area (Å²) < 4.78 is 0. The van der Waals surface area contributed by atoms with E-state index < -0.39 is 0 Å². The van der Waals surface area contributed by atoms with Crippen LogP contribution in [0.4, 0.5) is 5.69 Å². The maximum absolute atomic E-state index is 12.6. The molecule has 4 nitrogen and oxygen atoms in total. The Labute approximate surface area is 142 Å². The molecule has 0 unspecified atom stereocenters. The normalized spacial score (nSPS) is 14.4. The molecule has 24 heavy (non-hydrogen) atoms. The third-order valence-corrected chi connectivity index (χ3v) is 4.52. The van der Waals surface area contributed by atoms with E-state index in [-0.39, 0.29) is 5.91 Å². The predicted molar refractivity (Wildman–Crippen MR) is 95.2 cm³/mol. The summed E-state index contributed by atoms with van der Waals surface area (Å²) in [4.78, 5) is 16.8. The number of nitriles is 1. The monoisotopic (exact) mass is 319 g/mol. The molecule has 0 radical (unpaired) electrons. The standard InChI is InChI=1S/C20H21N3O/c1-15-3-8-19(16(2)13-15)22-9-11-23(12-10-22)20(24)18-6-4-17(14-21)5-7-18/h3-8,13H,9-12H2,1-2H3. The molecule has 0 aromatic heterocycles. The van der Waals surface area contributed by atoms with E-state index in [1.54, 1.807) is 24.3 Å². The quantitative estimate of drug-likeness (QED) is 0.854. The van der Waals surface area contributed by atoms with Gasteiger partial charge >= 0.3 is 0 Å². The van der Waals surface area contributed by atoms with Gasteiger partial charge in [-0.15, -0.1) is 0 Å². The molecule has 3 rings (SSSR count). The van der Waals surface area contributed by atoms with Crippen LogP contribution >= 0.6 is 0 Å². The van der Waals surface area contributed by atoms with Crippen molar-refractivity contribution < 1.29 is 4.79 Å². The van der Waals surface area contributed by atoms with Gasteiger partial charge in [-0.05, 0) is 49.7 Å². The van der Waals surface area contributed by atoms with Crippen LogP contribution in [-0.2, 0) is 0 Å². The number of rotatable bonds is 2. The van der Waals surface area contributed by atoms with E-state index in [9.17, 15) is 4.79 Å². The summed E-state index contributed by atoms with van der Waals surface area (Å²) in [5.74, 6) is 0.0415. The van der Waals surface area contributed by atoms with E-state index in [0.29, 0.717) is 24.2 Å². The van der Waals surface area contributed by atoms with Crippen LogP contribution in [0.1, 0.15) is 27.0 Å². The van der Waals surface area contributed by atoms with Crippen LogP contribution in [0.2, 0.25) is 0 Å². The minimum absolute atomic E-state index is 0.0415. The first kappa shape index (κ1) is 16.1. The lowest BCUT2D eigenvalue weighted by Gasteiger charge is -2.37. The predicted octanol–water partition coefficient (Wildman–Crippen LogP) is 3.14. The summed E-state index contributed by atoms with van der Waals surface area (Å²) in [6, 6.07) is 15.4.